The second-order valence-electron chi connectivity index (χ2n) is 9.91. The standard InChI is InChI=1S/C27H36N4O4S/c1-6-27(3,4)29-25(32)18-28-26(33)19-31(36(5,34)35)22-14-16-30(17-15-22)20(2)23-13-9-11-21-10-7-8-12-24(21)23/h1,7-13,20,22H,14-19H2,2-5H3,(H,28,33)(H,29,32). The third kappa shape index (κ3) is 7.06. The number of fused-ring (bicyclic) bond motifs is 1. The van der Waals surface area contributed by atoms with Gasteiger partial charge in [-0.1, -0.05) is 48.4 Å². The number of hydrogen-bond donors (Lipinski definition) is 2. The van der Waals surface area contributed by atoms with Crippen LogP contribution in [0.25, 0.3) is 10.8 Å². The SMILES string of the molecule is C#CC(C)(C)NC(=O)CNC(=O)CN(C1CCN(C(C)c2cccc3ccccc23)CC1)S(C)(=O)=O. The molecule has 36 heavy (non-hydrogen) atoms. The number of carbonyl (C=O) groups excluding carboxylic acids is 2. The molecule has 2 N–H and O–H groups in total. The number of hydrogen-bond acceptors (Lipinski definition) is 5. The first-order valence-electron chi connectivity index (χ1n) is 12.2. The molecule has 0 radical (unpaired) electrons. The van der Waals surface area contributed by atoms with Gasteiger partial charge in [-0.05, 0) is 49.9 Å². The molecule has 1 heterocycles. The highest BCUT2D eigenvalue weighted by Gasteiger charge is 2.33. The molecule has 1 aliphatic rings. The highest BCUT2D eigenvalue weighted by Crippen LogP contribution is 2.31. The molecule has 1 aliphatic heterocycles. The van der Waals surface area contributed by atoms with Gasteiger partial charge in [-0.15, -0.1) is 6.42 Å². The van der Waals surface area contributed by atoms with Crippen LogP contribution in [0.15, 0.2) is 42.5 Å². The molecule has 0 aliphatic carbocycles. The summed E-state index contributed by atoms with van der Waals surface area (Å²) in [5, 5.41) is 7.54. The van der Waals surface area contributed by atoms with Crippen LogP contribution in [0.4, 0.5) is 0 Å². The maximum absolute atomic E-state index is 12.5. The lowest BCUT2D eigenvalue weighted by molar-refractivity contribution is -0.127. The molecule has 1 saturated heterocycles. The van der Waals surface area contributed by atoms with Crippen molar-refractivity contribution >= 4 is 32.6 Å². The van der Waals surface area contributed by atoms with Crippen molar-refractivity contribution in [2.24, 2.45) is 0 Å². The molecule has 1 unspecified atom stereocenters. The van der Waals surface area contributed by atoms with Crippen LogP contribution in [0.3, 0.4) is 0 Å². The Morgan fingerprint density at radius 3 is 2.42 bits per heavy atom. The molecule has 1 fully saturated rings. The summed E-state index contributed by atoms with van der Waals surface area (Å²) in [5.41, 5.74) is 0.412. The molecule has 0 saturated carbocycles. The molecule has 2 amide bonds. The van der Waals surface area contributed by atoms with E-state index in [9.17, 15) is 18.0 Å². The smallest absolute Gasteiger partial charge is 0.240 e. The number of carbonyl (C=O) groups is 2. The van der Waals surface area contributed by atoms with Crippen molar-refractivity contribution in [3.8, 4) is 12.3 Å². The highest BCUT2D eigenvalue weighted by atomic mass is 32.2. The predicted octanol–water partition coefficient (Wildman–Crippen LogP) is 2.27. The van der Waals surface area contributed by atoms with Gasteiger partial charge in [0.05, 0.1) is 24.9 Å². The van der Waals surface area contributed by atoms with Crippen LogP contribution in [-0.2, 0) is 19.6 Å². The van der Waals surface area contributed by atoms with Crippen molar-refractivity contribution in [3.63, 3.8) is 0 Å². The minimum Gasteiger partial charge on any atom is -0.346 e. The quantitative estimate of drug-likeness (QED) is 0.503. The first-order valence-corrected chi connectivity index (χ1v) is 14.0. The largest absolute Gasteiger partial charge is 0.346 e. The van der Waals surface area contributed by atoms with Gasteiger partial charge in [0.1, 0.15) is 0 Å². The summed E-state index contributed by atoms with van der Waals surface area (Å²) in [6, 6.07) is 14.5. The summed E-state index contributed by atoms with van der Waals surface area (Å²) >= 11 is 0. The van der Waals surface area contributed by atoms with E-state index in [1.807, 2.05) is 12.1 Å². The van der Waals surface area contributed by atoms with E-state index in [2.05, 4.69) is 58.7 Å². The molecule has 2 aromatic rings. The Kier molecular flexibility index (Phi) is 8.77. The number of nitrogens with one attached hydrogen (secondary N) is 2. The van der Waals surface area contributed by atoms with E-state index >= 15 is 0 Å². The Bertz CT molecular complexity index is 1240. The monoisotopic (exact) mass is 512 g/mol. The van der Waals surface area contributed by atoms with E-state index in [0.717, 1.165) is 6.26 Å². The summed E-state index contributed by atoms with van der Waals surface area (Å²) in [7, 11) is -3.62. The predicted molar refractivity (Wildman–Crippen MR) is 143 cm³/mol. The van der Waals surface area contributed by atoms with Gasteiger partial charge in [0.15, 0.2) is 0 Å². The van der Waals surface area contributed by atoms with Crippen molar-refractivity contribution in [2.75, 3.05) is 32.4 Å². The number of nitrogens with zero attached hydrogens (tertiary/aromatic N) is 2. The molecule has 2 aromatic carbocycles. The number of likely N-dealkylation sites (tertiary alicyclic amines) is 1. The van der Waals surface area contributed by atoms with E-state index < -0.39 is 27.4 Å². The van der Waals surface area contributed by atoms with Crippen LogP contribution in [0.1, 0.15) is 45.2 Å². The molecule has 9 heteroatoms. The molecular weight excluding hydrogens is 476 g/mol. The Morgan fingerprint density at radius 1 is 1.14 bits per heavy atom. The average Bonchev–Trinajstić information content (AvgIpc) is 2.84. The minimum absolute atomic E-state index is 0.179. The van der Waals surface area contributed by atoms with Gasteiger partial charge in [-0.2, -0.15) is 4.31 Å². The number of benzene rings is 2. The van der Waals surface area contributed by atoms with Gasteiger partial charge in [0.25, 0.3) is 0 Å². The van der Waals surface area contributed by atoms with Crippen molar-refractivity contribution in [1.29, 1.82) is 0 Å². The second-order valence-corrected chi connectivity index (χ2v) is 11.8. The Hall–Kier alpha value is -2.93. The number of sulfonamides is 1. The van der Waals surface area contributed by atoms with Gasteiger partial charge in [0.2, 0.25) is 21.8 Å². The van der Waals surface area contributed by atoms with Crippen LogP contribution in [-0.4, -0.2) is 73.5 Å². The first-order chi connectivity index (χ1) is 16.9. The third-order valence-electron chi connectivity index (χ3n) is 6.71. The van der Waals surface area contributed by atoms with Gasteiger partial charge in [-0.3, -0.25) is 14.5 Å². The zero-order valence-corrected chi connectivity index (χ0v) is 22.3. The number of rotatable bonds is 9. The van der Waals surface area contributed by atoms with E-state index in [4.69, 9.17) is 6.42 Å². The van der Waals surface area contributed by atoms with E-state index in [-0.39, 0.29) is 25.2 Å². The lowest BCUT2D eigenvalue weighted by Gasteiger charge is -2.39. The number of piperidine rings is 1. The molecule has 194 valence electrons. The fourth-order valence-corrected chi connectivity index (χ4v) is 5.80. The molecule has 8 nitrogen and oxygen atoms in total. The summed E-state index contributed by atoms with van der Waals surface area (Å²) < 4.78 is 26.3. The lowest BCUT2D eigenvalue weighted by atomic mass is 9.96. The lowest BCUT2D eigenvalue weighted by Crippen LogP contribution is -2.52. The fraction of sp³-hybridized carbons (Fsp3) is 0.481. The molecule has 0 bridgehead atoms. The first kappa shape index (κ1) is 27.7. The molecule has 0 aromatic heterocycles. The van der Waals surface area contributed by atoms with Crippen LogP contribution in [0.5, 0.6) is 0 Å². The van der Waals surface area contributed by atoms with Gasteiger partial charge < -0.3 is 10.6 Å². The summed E-state index contributed by atoms with van der Waals surface area (Å²) in [6.45, 7) is 6.35. The molecular formula is C27H36N4O4S. The minimum atomic E-state index is -3.62. The van der Waals surface area contributed by atoms with E-state index in [1.54, 1.807) is 13.8 Å². The van der Waals surface area contributed by atoms with Crippen LogP contribution < -0.4 is 10.6 Å². The summed E-state index contributed by atoms with van der Waals surface area (Å²) in [4.78, 5) is 26.9. The second kappa shape index (κ2) is 11.4. The van der Waals surface area contributed by atoms with Crippen LogP contribution in [0, 0.1) is 12.3 Å². The van der Waals surface area contributed by atoms with Crippen molar-refractivity contribution in [1.82, 2.24) is 19.8 Å². The molecule has 1 atom stereocenters. The van der Waals surface area contributed by atoms with Crippen molar-refractivity contribution in [3.05, 3.63) is 48.0 Å². The maximum atomic E-state index is 12.5. The van der Waals surface area contributed by atoms with Crippen molar-refractivity contribution < 1.29 is 18.0 Å². The Labute approximate surface area is 214 Å². The maximum Gasteiger partial charge on any atom is 0.240 e. The topological polar surface area (TPSA) is 98.8 Å². The van der Waals surface area contributed by atoms with Crippen molar-refractivity contribution in [2.45, 2.75) is 51.2 Å². The summed E-state index contributed by atoms with van der Waals surface area (Å²) in [6.07, 6.45) is 7.72. The molecule has 0 spiro atoms. The number of amides is 2. The van der Waals surface area contributed by atoms with E-state index in [0.29, 0.717) is 25.9 Å². The van der Waals surface area contributed by atoms with Crippen LogP contribution in [0.2, 0.25) is 0 Å². The highest BCUT2D eigenvalue weighted by molar-refractivity contribution is 7.88. The van der Waals surface area contributed by atoms with Gasteiger partial charge in [-0.25, -0.2) is 8.42 Å². The van der Waals surface area contributed by atoms with Crippen LogP contribution >= 0.6 is 0 Å². The number of terminal acetylenes is 1. The molecule has 3 rings (SSSR count). The van der Waals surface area contributed by atoms with Gasteiger partial charge in [0, 0.05) is 25.2 Å². The Balaban J connectivity index is 1.60. The average molecular weight is 513 g/mol. The van der Waals surface area contributed by atoms with Gasteiger partial charge >= 0.3 is 0 Å². The van der Waals surface area contributed by atoms with E-state index in [1.165, 1.54) is 20.6 Å². The zero-order chi connectivity index (χ0) is 26.5. The fourth-order valence-electron chi connectivity index (χ4n) is 4.69. The third-order valence-corrected chi connectivity index (χ3v) is 7.99. The Morgan fingerprint density at radius 2 is 1.78 bits per heavy atom. The summed E-state index contributed by atoms with van der Waals surface area (Å²) in [5.74, 6) is 1.48. The zero-order valence-electron chi connectivity index (χ0n) is 21.5. The normalized spacial score (nSPS) is 16.4.